The van der Waals surface area contributed by atoms with Crippen LogP contribution in [-0.2, 0) is 41.6 Å². The van der Waals surface area contributed by atoms with Crippen molar-refractivity contribution < 1.29 is 54.5 Å². The van der Waals surface area contributed by atoms with Crippen molar-refractivity contribution in [2.24, 2.45) is 0 Å². The van der Waals surface area contributed by atoms with Crippen molar-refractivity contribution in [3.8, 4) is 5.75 Å². The quantitative estimate of drug-likeness (QED) is 0.352. The maximum atomic E-state index is 13.5. The first-order valence-electron chi connectivity index (χ1n) is 10.9. The summed E-state index contributed by atoms with van der Waals surface area (Å²) in [4.78, 5) is 35.9. The molecule has 15 heteroatoms. The standard InChI is InChI=1S/C21H20O10S2.C2H5NO2/c1-29-11-4-5-12-13(7-11)20(24)18-14-8-16(30-32(2,25)26)21(31-33(3,27)28)17(14)10(9-22)6-15(18)19(12)23;1-3-2(4)5/h4-7,16,21-22H,8-9H2,1-3H3;3H,1H3,(H,4,5). The summed E-state index contributed by atoms with van der Waals surface area (Å²) < 4.78 is 62.9. The number of amides is 1. The smallest absolute Gasteiger partial charge is 0.404 e. The summed E-state index contributed by atoms with van der Waals surface area (Å²) in [6.07, 6.45) is -2.39. The van der Waals surface area contributed by atoms with E-state index in [9.17, 15) is 36.3 Å². The lowest BCUT2D eigenvalue weighted by Crippen LogP contribution is -2.26. The summed E-state index contributed by atoms with van der Waals surface area (Å²) >= 11 is 0. The molecule has 13 nitrogen and oxygen atoms in total. The number of hydrogen-bond acceptors (Lipinski definition) is 11. The number of ether oxygens (including phenoxy) is 1. The molecule has 2 aliphatic rings. The minimum absolute atomic E-state index is 0.00495. The second kappa shape index (κ2) is 10.8. The minimum Gasteiger partial charge on any atom is -0.497 e. The van der Waals surface area contributed by atoms with Gasteiger partial charge in [-0.25, -0.2) is 4.79 Å². The van der Waals surface area contributed by atoms with E-state index < -0.39 is 56.7 Å². The molecule has 0 heterocycles. The van der Waals surface area contributed by atoms with E-state index in [-0.39, 0.29) is 45.4 Å². The van der Waals surface area contributed by atoms with E-state index in [2.05, 4.69) is 0 Å². The highest BCUT2D eigenvalue weighted by atomic mass is 32.2. The fourth-order valence-corrected chi connectivity index (χ4v) is 5.58. The molecule has 2 unspecified atom stereocenters. The van der Waals surface area contributed by atoms with E-state index in [1.54, 1.807) is 6.07 Å². The lowest BCUT2D eigenvalue weighted by atomic mass is 9.79. The maximum Gasteiger partial charge on any atom is 0.404 e. The van der Waals surface area contributed by atoms with Crippen molar-refractivity contribution in [3.05, 3.63) is 63.2 Å². The molecule has 0 fully saturated rings. The van der Waals surface area contributed by atoms with Crippen LogP contribution in [0, 0.1) is 0 Å². The third-order valence-corrected chi connectivity index (χ3v) is 6.89. The highest BCUT2D eigenvalue weighted by molar-refractivity contribution is 7.86. The van der Waals surface area contributed by atoms with Gasteiger partial charge in [0.1, 0.15) is 18.0 Å². The summed E-state index contributed by atoms with van der Waals surface area (Å²) in [6.45, 7) is -0.609. The zero-order chi connectivity index (χ0) is 28.6. The van der Waals surface area contributed by atoms with Crippen LogP contribution in [0.3, 0.4) is 0 Å². The Morgan fingerprint density at radius 1 is 1.00 bits per heavy atom. The Labute approximate surface area is 218 Å². The minimum atomic E-state index is -4.09. The summed E-state index contributed by atoms with van der Waals surface area (Å²) in [5.74, 6) is -0.622. The fraction of sp³-hybridized carbons (Fsp3) is 0.348. The number of carboxylic acid groups (broad SMARTS) is 1. The van der Waals surface area contributed by atoms with Crippen LogP contribution in [0.1, 0.15) is 54.6 Å². The van der Waals surface area contributed by atoms with Crippen molar-refractivity contribution in [2.45, 2.75) is 25.2 Å². The number of benzene rings is 2. The Hall–Kier alpha value is -3.37. The zero-order valence-electron chi connectivity index (χ0n) is 20.7. The fourth-order valence-electron chi connectivity index (χ4n) is 4.37. The van der Waals surface area contributed by atoms with E-state index in [0.29, 0.717) is 5.75 Å². The number of nitrogens with one attached hydrogen (secondary N) is 1. The molecule has 2 atom stereocenters. The molecule has 0 radical (unpaired) electrons. The van der Waals surface area contributed by atoms with Gasteiger partial charge in [-0.2, -0.15) is 16.8 Å². The molecule has 0 aliphatic heterocycles. The van der Waals surface area contributed by atoms with Crippen molar-refractivity contribution >= 4 is 37.9 Å². The van der Waals surface area contributed by atoms with Crippen LogP contribution in [0.15, 0.2) is 24.3 Å². The number of fused-ring (bicyclic) bond motifs is 4. The van der Waals surface area contributed by atoms with Crippen LogP contribution in [-0.4, -0.2) is 77.5 Å². The molecule has 0 saturated heterocycles. The highest BCUT2D eigenvalue weighted by Crippen LogP contribution is 2.45. The summed E-state index contributed by atoms with van der Waals surface area (Å²) in [5.41, 5.74) is 0.721. The third-order valence-electron chi connectivity index (χ3n) is 5.74. The molecule has 206 valence electrons. The Kier molecular flexibility index (Phi) is 8.28. The second-order valence-electron chi connectivity index (χ2n) is 8.40. The van der Waals surface area contributed by atoms with E-state index in [1.165, 1.54) is 32.4 Å². The number of aliphatic hydroxyl groups is 1. The van der Waals surface area contributed by atoms with Crippen molar-refractivity contribution in [3.63, 3.8) is 0 Å². The van der Waals surface area contributed by atoms with Gasteiger partial charge in [0, 0.05) is 35.7 Å². The Morgan fingerprint density at radius 3 is 2.11 bits per heavy atom. The van der Waals surface area contributed by atoms with Crippen LogP contribution < -0.4 is 10.1 Å². The van der Waals surface area contributed by atoms with Crippen LogP contribution >= 0.6 is 0 Å². The average Bonchev–Trinajstić information content (AvgIpc) is 3.16. The first-order chi connectivity index (χ1) is 17.6. The molecule has 0 spiro atoms. The first kappa shape index (κ1) is 29.2. The lowest BCUT2D eigenvalue weighted by molar-refractivity contribution is 0.0768. The Bertz CT molecular complexity index is 1530. The van der Waals surface area contributed by atoms with E-state index >= 15 is 0 Å². The number of carbonyl (C=O) groups is 3. The third kappa shape index (κ3) is 6.02. The molecule has 2 aromatic rings. The molecule has 38 heavy (non-hydrogen) atoms. The largest absolute Gasteiger partial charge is 0.497 e. The van der Waals surface area contributed by atoms with Gasteiger partial charge in [0.05, 0.1) is 26.2 Å². The van der Waals surface area contributed by atoms with Gasteiger partial charge < -0.3 is 20.3 Å². The molecular weight excluding hydrogens is 546 g/mol. The lowest BCUT2D eigenvalue weighted by Gasteiger charge is -2.23. The van der Waals surface area contributed by atoms with E-state index in [1.807, 2.05) is 5.32 Å². The Balaban J connectivity index is 0.000000732. The molecule has 4 rings (SSSR count). The van der Waals surface area contributed by atoms with Gasteiger partial charge in [0.25, 0.3) is 20.2 Å². The number of hydrogen-bond donors (Lipinski definition) is 3. The average molecular weight is 572 g/mol. The summed E-state index contributed by atoms with van der Waals surface area (Å²) in [5, 5.41) is 19.5. The summed E-state index contributed by atoms with van der Waals surface area (Å²) in [6, 6.07) is 5.74. The zero-order valence-corrected chi connectivity index (χ0v) is 22.3. The molecule has 2 aliphatic carbocycles. The number of ketones is 2. The predicted octanol–water partition coefficient (Wildman–Crippen LogP) is 0.765. The van der Waals surface area contributed by atoms with Crippen molar-refractivity contribution in [2.75, 3.05) is 26.7 Å². The van der Waals surface area contributed by atoms with Crippen LogP contribution in [0.25, 0.3) is 0 Å². The van der Waals surface area contributed by atoms with Gasteiger partial charge in [0.2, 0.25) is 0 Å². The number of aliphatic hydroxyl groups excluding tert-OH is 1. The maximum absolute atomic E-state index is 13.5. The molecule has 0 aromatic heterocycles. The number of methoxy groups -OCH3 is 1. The SMILES string of the molecule is CNC(=O)O.COc1ccc2c(c1)C(=O)c1c(cc(CO)c3c1CC(OS(C)(=O)=O)C3OS(C)(=O)=O)C2=O. The van der Waals surface area contributed by atoms with Crippen molar-refractivity contribution in [1.82, 2.24) is 5.32 Å². The molecule has 0 bridgehead atoms. The molecular formula is C23H25NO12S2. The topological polar surface area (TPSA) is 200 Å². The van der Waals surface area contributed by atoms with Crippen LogP contribution in [0.5, 0.6) is 5.75 Å². The molecule has 1 amide bonds. The van der Waals surface area contributed by atoms with E-state index in [0.717, 1.165) is 12.5 Å². The van der Waals surface area contributed by atoms with Gasteiger partial charge in [-0.15, -0.1) is 0 Å². The van der Waals surface area contributed by atoms with Gasteiger partial charge in [-0.05, 0) is 41.0 Å². The molecule has 2 aromatic carbocycles. The van der Waals surface area contributed by atoms with Gasteiger partial charge in [0.15, 0.2) is 11.6 Å². The van der Waals surface area contributed by atoms with Crippen LogP contribution in [0.2, 0.25) is 0 Å². The van der Waals surface area contributed by atoms with Gasteiger partial charge in [-0.3, -0.25) is 18.0 Å². The highest BCUT2D eigenvalue weighted by Gasteiger charge is 2.45. The van der Waals surface area contributed by atoms with Gasteiger partial charge >= 0.3 is 6.09 Å². The first-order valence-corrected chi connectivity index (χ1v) is 14.5. The molecule has 3 N–H and O–H groups in total. The van der Waals surface area contributed by atoms with E-state index in [4.69, 9.17) is 18.2 Å². The molecule has 0 saturated carbocycles. The normalized spacial score (nSPS) is 18.0. The Morgan fingerprint density at radius 2 is 1.61 bits per heavy atom. The van der Waals surface area contributed by atoms with Crippen molar-refractivity contribution in [1.29, 1.82) is 0 Å². The van der Waals surface area contributed by atoms with Crippen LogP contribution in [0.4, 0.5) is 4.79 Å². The van der Waals surface area contributed by atoms with Gasteiger partial charge in [-0.1, -0.05) is 0 Å². The predicted molar refractivity (Wildman–Crippen MR) is 131 cm³/mol. The second-order valence-corrected chi connectivity index (χ2v) is 11.6. The number of carbonyl (C=O) groups excluding carboxylic acids is 2. The number of rotatable bonds is 6. The monoisotopic (exact) mass is 571 g/mol. The summed E-state index contributed by atoms with van der Waals surface area (Å²) in [7, 11) is -5.37.